The summed E-state index contributed by atoms with van der Waals surface area (Å²) in [7, 11) is 4.32. The van der Waals surface area contributed by atoms with Crippen LogP contribution in [0.1, 0.15) is 18.7 Å². The van der Waals surface area contributed by atoms with Crippen molar-refractivity contribution in [3.63, 3.8) is 0 Å². The van der Waals surface area contributed by atoms with Gasteiger partial charge in [-0.1, -0.05) is 0 Å². The van der Waals surface area contributed by atoms with Crippen molar-refractivity contribution < 1.29 is 4.42 Å². The molecule has 108 valence electrons. The highest BCUT2D eigenvalue weighted by molar-refractivity contribution is 5.76. The standard InChI is InChI=1S/C15H22N4O/c1-18(9-12-4-3-7-19(12)2)10-15-17-13-8-11(16)5-6-14(13)20-15/h5-6,8,12H,3-4,7,9-10,16H2,1-2H3. The van der Waals surface area contributed by atoms with Gasteiger partial charge in [-0.25, -0.2) is 4.98 Å². The van der Waals surface area contributed by atoms with Gasteiger partial charge < -0.3 is 15.1 Å². The maximum Gasteiger partial charge on any atom is 0.209 e. The molecule has 1 saturated heterocycles. The predicted molar refractivity (Wildman–Crippen MR) is 80.4 cm³/mol. The average Bonchev–Trinajstić information content (AvgIpc) is 2.95. The molecule has 0 radical (unpaired) electrons. The Labute approximate surface area is 119 Å². The van der Waals surface area contributed by atoms with Crippen LogP contribution >= 0.6 is 0 Å². The van der Waals surface area contributed by atoms with E-state index in [-0.39, 0.29) is 0 Å². The summed E-state index contributed by atoms with van der Waals surface area (Å²) in [5.74, 6) is 0.758. The topological polar surface area (TPSA) is 58.5 Å². The van der Waals surface area contributed by atoms with Crippen molar-refractivity contribution in [1.82, 2.24) is 14.8 Å². The second-order valence-electron chi connectivity index (χ2n) is 5.81. The Balaban J connectivity index is 1.66. The second-order valence-corrected chi connectivity index (χ2v) is 5.81. The summed E-state index contributed by atoms with van der Waals surface area (Å²) < 4.78 is 5.76. The van der Waals surface area contributed by atoms with Crippen molar-refractivity contribution in [3.05, 3.63) is 24.1 Å². The summed E-state index contributed by atoms with van der Waals surface area (Å²) in [5, 5.41) is 0. The first-order chi connectivity index (χ1) is 9.61. The Morgan fingerprint density at radius 3 is 3.10 bits per heavy atom. The van der Waals surface area contributed by atoms with Gasteiger partial charge in [0.2, 0.25) is 5.89 Å². The van der Waals surface area contributed by atoms with E-state index in [0.29, 0.717) is 6.04 Å². The highest BCUT2D eigenvalue weighted by Crippen LogP contribution is 2.20. The lowest BCUT2D eigenvalue weighted by Crippen LogP contribution is -2.36. The highest BCUT2D eigenvalue weighted by atomic mass is 16.3. The summed E-state index contributed by atoms with van der Waals surface area (Å²) in [4.78, 5) is 9.22. The fraction of sp³-hybridized carbons (Fsp3) is 0.533. The minimum absolute atomic E-state index is 0.653. The van der Waals surface area contributed by atoms with Crippen LogP contribution in [0.25, 0.3) is 11.1 Å². The summed E-state index contributed by atoms with van der Waals surface area (Å²) >= 11 is 0. The van der Waals surface area contributed by atoms with E-state index < -0.39 is 0 Å². The zero-order chi connectivity index (χ0) is 14.1. The predicted octanol–water partition coefficient (Wildman–Crippen LogP) is 1.94. The lowest BCUT2D eigenvalue weighted by molar-refractivity contribution is 0.204. The molecule has 1 aliphatic rings. The first kappa shape index (κ1) is 13.4. The third-order valence-electron chi connectivity index (χ3n) is 4.06. The molecule has 3 rings (SSSR count). The molecule has 2 heterocycles. The van der Waals surface area contributed by atoms with Gasteiger partial charge in [0, 0.05) is 18.3 Å². The van der Waals surface area contributed by atoms with Gasteiger partial charge in [0.25, 0.3) is 0 Å². The molecular formula is C15H22N4O. The van der Waals surface area contributed by atoms with Gasteiger partial charge >= 0.3 is 0 Å². The molecule has 1 aromatic heterocycles. The van der Waals surface area contributed by atoms with Crippen molar-refractivity contribution in [2.45, 2.75) is 25.4 Å². The molecule has 0 aliphatic carbocycles. The van der Waals surface area contributed by atoms with Crippen molar-refractivity contribution in [2.24, 2.45) is 0 Å². The summed E-state index contributed by atoms with van der Waals surface area (Å²) in [6.45, 7) is 3.00. The van der Waals surface area contributed by atoms with Crippen LogP contribution in [0, 0.1) is 0 Å². The lowest BCUT2D eigenvalue weighted by Gasteiger charge is -2.24. The maximum absolute atomic E-state index is 5.76. The quantitative estimate of drug-likeness (QED) is 0.863. The van der Waals surface area contributed by atoms with Gasteiger partial charge in [-0.05, 0) is 51.7 Å². The van der Waals surface area contributed by atoms with E-state index in [0.717, 1.165) is 35.8 Å². The number of nitrogens with two attached hydrogens (primary N) is 1. The molecule has 2 N–H and O–H groups in total. The zero-order valence-corrected chi connectivity index (χ0v) is 12.2. The lowest BCUT2D eigenvalue weighted by atomic mass is 10.2. The number of benzene rings is 1. The molecule has 1 fully saturated rings. The number of fused-ring (bicyclic) bond motifs is 1. The third kappa shape index (κ3) is 2.78. The number of nitrogen functional groups attached to an aromatic ring is 1. The van der Waals surface area contributed by atoms with Crippen LogP contribution in [0.3, 0.4) is 0 Å². The zero-order valence-electron chi connectivity index (χ0n) is 12.2. The van der Waals surface area contributed by atoms with Gasteiger partial charge in [-0.15, -0.1) is 0 Å². The number of hydrogen-bond acceptors (Lipinski definition) is 5. The molecular weight excluding hydrogens is 252 g/mol. The number of rotatable bonds is 4. The van der Waals surface area contributed by atoms with Crippen LogP contribution in [-0.4, -0.2) is 48.0 Å². The molecule has 1 atom stereocenters. The van der Waals surface area contributed by atoms with E-state index in [4.69, 9.17) is 10.2 Å². The molecule has 1 aromatic carbocycles. The van der Waals surface area contributed by atoms with Crippen molar-refractivity contribution in [2.75, 3.05) is 32.9 Å². The van der Waals surface area contributed by atoms with E-state index in [1.165, 1.54) is 19.4 Å². The molecule has 0 saturated carbocycles. The number of aromatic nitrogens is 1. The Morgan fingerprint density at radius 1 is 1.50 bits per heavy atom. The summed E-state index contributed by atoms with van der Waals surface area (Å²) in [6.07, 6.45) is 2.59. The number of likely N-dealkylation sites (tertiary alicyclic amines) is 1. The fourth-order valence-electron chi connectivity index (χ4n) is 2.92. The van der Waals surface area contributed by atoms with Crippen LogP contribution in [0.2, 0.25) is 0 Å². The fourth-order valence-corrected chi connectivity index (χ4v) is 2.92. The number of likely N-dealkylation sites (N-methyl/N-ethyl adjacent to an activating group) is 2. The average molecular weight is 274 g/mol. The number of oxazole rings is 1. The number of hydrogen-bond donors (Lipinski definition) is 1. The molecule has 5 nitrogen and oxygen atoms in total. The Hall–Kier alpha value is -1.59. The molecule has 1 aliphatic heterocycles. The normalized spacial score (nSPS) is 20.2. The largest absolute Gasteiger partial charge is 0.439 e. The Bertz CT molecular complexity index is 595. The molecule has 5 heteroatoms. The summed E-state index contributed by atoms with van der Waals surface area (Å²) in [5.41, 5.74) is 8.13. The van der Waals surface area contributed by atoms with Gasteiger partial charge in [0.1, 0.15) is 5.52 Å². The van der Waals surface area contributed by atoms with Gasteiger partial charge in [-0.2, -0.15) is 0 Å². The highest BCUT2D eigenvalue weighted by Gasteiger charge is 2.22. The van der Waals surface area contributed by atoms with Crippen molar-refractivity contribution in [1.29, 1.82) is 0 Å². The molecule has 0 bridgehead atoms. The molecule has 2 aromatic rings. The Morgan fingerprint density at radius 2 is 2.35 bits per heavy atom. The molecule has 0 amide bonds. The molecule has 0 spiro atoms. The molecule has 20 heavy (non-hydrogen) atoms. The van der Waals surface area contributed by atoms with Gasteiger partial charge in [-0.3, -0.25) is 4.90 Å². The first-order valence-electron chi connectivity index (χ1n) is 7.15. The minimum Gasteiger partial charge on any atom is -0.439 e. The smallest absolute Gasteiger partial charge is 0.209 e. The van der Waals surface area contributed by atoms with E-state index in [1.807, 2.05) is 18.2 Å². The van der Waals surface area contributed by atoms with Crippen LogP contribution in [-0.2, 0) is 6.54 Å². The van der Waals surface area contributed by atoms with Crippen LogP contribution < -0.4 is 5.73 Å². The van der Waals surface area contributed by atoms with Crippen LogP contribution in [0.4, 0.5) is 5.69 Å². The third-order valence-corrected chi connectivity index (χ3v) is 4.06. The van der Waals surface area contributed by atoms with E-state index >= 15 is 0 Å². The number of anilines is 1. The van der Waals surface area contributed by atoms with Crippen LogP contribution in [0.15, 0.2) is 22.6 Å². The monoisotopic (exact) mass is 274 g/mol. The summed E-state index contributed by atoms with van der Waals surface area (Å²) in [6, 6.07) is 6.23. The first-order valence-corrected chi connectivity index (χ1v) is 7.15. The van der Waals surface area contributed by atoms with E-state index in [1.54, 1.807) is 0 Å². The minimum atomic E-state index is 0.653. The number of nitrogens with zero attached hydrogens (tertiary/aromatic N) is 3. The van der Waals surface area contributed by atoms with E-state index in [2.05, 4.69) is 28.9 Å². The maximum atomic E-state index is 5.76. The Kier molecular flexibility index (Phi) is 3.63. The van der Waals surface area contributed by atoms with Crippen molar-refractivity contribution in [3.8, 4) is 0 Å². The molecule has 1 unspecified atom stereocenters. The van der Waals surface area contributed by atoms with Crippen molar-refractivity contribution >= 4 is 16.8 Å². The van der Waals surface area contributed by atoms with Crippen LogP contribution in [0.5, 0.6) is 0 Å². The second kappa shape index (κ2) is 5.42. The van der Waals surface area contributed by atoms with E-state index in [9.17, 15) is 0 Å². The van der Waals surface area contributed by atoms with Gasteiger partial charge in [0.15, 0.2) is 5.58 Å². The SMILES string of the molecule is CN(Cc1nc2cc(N)ccc2o1)CC1CCCN1C. The van der Waals surface area contributed by atoms with Gasteiger partial charge in [0.05, 0.1) is 6.54 Å².